The second kappa shape index (κ2) is 2.95. The normalized spacial score (nSPS) is 31.4. The van der Waals surface area contributed by atoms with Crippen LogP contribution < -0.4 is 4.90 Å². The molecule has 1 aromatic rings. The molecule has 2 atom stereocenters. The Kier molecular flexibility index (Phi) is 1.74. The highest BCUT2D eigenvalue weighted by molar-refractivity contribution is 5.47. The molecular weight excluding hydrogens is 174 g/mol. The van der Waals surface area contributed by atoms with E-state index in [0.29, 0.717) is 6.04 Å². The molecule has 0 aromatic carbocycles. The first-order valence-electron chi connectivity index (χ1n) is 5.21. The Morgan fingerprint density at radius 1 is 1.36 bits per heavy atom. The van der Waals surface area contributed by atoms with Crippen molar-refractivity contribution in [3.05, 3.63) is 24.5 Å². The average Bonchev–Trinajstić information content (AvgIpc) is 2.77. The number of hydrogen-bond donors (Lipinski definition) is 0. The minimum absolute atomic E-state index is 0.717. The SMILES string of the molecule is CN1CC2CC1CN2c1cccnc1. The second-order valence-electron chi connectivity index (χ2n) is 4.35. The molecule has 3 heterocycles. The lowest BCUT2D eigenvalue weighted by Gasteiger charge is -2.33. The van der Waals surface area contributed by atoms with E-state index < -0.39 is 0 Å². The molecule has 0 spiro atoms. The molecule has 3 rings (SSSR count). The zero-order valence-corrected chi connectivity index (χ0v) is 8.43. The molecule has 74 valence electrons. The molecule has 3 heteroatoms. The molecule has 2 saturated heterocycles. The third kappa shape index (κ3) is 1.12. The Balaban J connectivity index is 1.84. The van der Waals surface area contributed by atoms with Gasteiger partial charge in [-0.15, -0.1) is 0 Å². The molecule has 2 fully saturated rings. The van der Waals surface area contributed by atoms with Crippen LogP contribution in [0.4, 0.5) is 5.69 Å². The van der Waals surface area contributed by atoms with Gasteiger partial charge in [-0.2, -0.15) is 0 Å². The molecule has 0 saturated carbocycles. The van der Waals surface area contributed by atoms with Crippen LogP contribution in [0.1, 0.15) is 6.42 Å². The van der Waals surface area contributed by atoms with Crippen molar-refractivity contribution in [2.24, 2.45) is 0 Å². The fourth-order valence-electron chi connectivity index (χ4n) is 2.71. The summed E-state index contributed by atoms with van der Waals surface area (Å²) in [6.45, 7) is 2.38. The van der Waals surface area contributed by atoms with Gasteiger partial charge in [-0.05, 0) is 25.6 Å². The van der Waals surface area contributed by atoms with E-state index in [4.69, 9.17) is 0 Å². The number of likely N-dealkylation sites (tertiary alicyclic amines) is 1. The zero-order chi connectivity index (χ0) is 9.54. The summed E-state index contributed by atoms with van der Waals surface area (Å²) >= 11 is 0. The minimum atomic E-state index is 0.717. The third-order valence-corrected chi connectivity index (χ3v) is 3.49. The fourth-order valence-corrected chi connectivity index (χ4v) is 2.71. The molecule has 2 bridgehead atoms. The van der Waals surface area contributed by atoms with Gasteiger partial charge in [0.1, 0.15) is 0 Å². The third-order valence-electron chi connectivity index (χ3n) is 3.49. The van der Waals surface area contributed by atoms with Crippen LogP contribution in [0.5, 0.6) is 0 Å². The minimum Gasteiger partial charge on any atom is -0.364 e. The maximum Gasteiger partial charge on any atom is 0.0556 e. The molecule has 1 aromatic heterocycles. The van der Waals surface area contributed by atoms with E-state index in [-0.39, 0.29) is 0 Å². The number of pyridine rings is 1. The fraction of sp³-hybridized carbons (Fsp3) is 0.545. The van der Waals surface area contributed by atoms with Gasteiger partial charge >= 0.3 is 0 Å². The summed E-state index contributed by atoms with van der Waals surface area (Å²) in [5.74, 6) is 0. The number of aromatic nitrogens is 1. The van der Waals surface area contributed by atoms with Crippen molar-refractivity contribution in [2.45, 2.75) is 18.5 Å². The average molecular weight is 189 g/mol. The van der Waals surface area contributed by atoms with Crippen molar-refractivity contribution in [3.63, 3.8) is 0 Å². The van der Waals surface area contributed by atoms with Gasteiger partial charge in [-0.25, -0.2) is 0 Å². The van der Waals surface area contributed by atoms with Crippen LogP contribution in [0.2, 0.25) is 0 Å². The summed E-state index contributed by atoms with van der Waals surface area (Å²) in [6, 6.07) is 5.66. The maximum atomic E-state index is 4.18. The van der Waals surface area contributed by atoms with Crippen LogP contribution in [0.15, 0.2) is 24.5 Å². The highest BCUT2D eigenvalue weighted by Gasteiger charge is 2.41. The summed E-state index contributed by atoms with van der Waals surface area (Å²) in [4.78, 5) is 9.14. The van der Waals surface area contributed by atoms with Crippen LogP contribution in [0.25, 0.3) is 0 Å². The Hall–Kier alpha value is -1.09. The number of rotatable bonds is 1. The Morgan fingerprint density at radius 3 is 2.86 bits per heavy atom. The number of piperazine rings is 1. The number of nitrogens with zero attached hydrogens (tertiary/aromatic N) is 3. The van der Waals surface area contributed by atoms with E-state index in [1.807, 2.05) is 18.5 Å². The molecule has 2 aliphatic heterocycles. The van der Waals surface area contributed by atoms with E-state index in [2.05, 4.69) is 27.9 Å². The van der Waals surface area contributed by atoms with E-state index in [1.165, 1.54) is 25.2 Å². The van der Waals surface area contributed by atoms with Gasteiger partial charge < -0.3 is 4.90 Å². The van der Waals surface area contributed by atoms with Crippen molar-refractivity contribution < 1.29 is 0 Å². The number of anilines is 1. The van der Waals surface area contributed by atoms with Crippen LogP contribution in [0.3, 0.4) is 0 Å². The molecule has 2 aliphatic rings. The van der Waals surface area contributed by atoms with Crippen LogP contribution >= 0.6 is 0 Å². The van der Waals surface area contributed by atoms with Gasteiger partial charge in [-0.1, -0.05) is 0 Å². The van der Waals surface area contributed by atoms with E-state index in [1.54, 1.807) is 0 Å². The van der Waals surface area contributed by atoms with E-state index in [0.717, 1.165) is 6.04 Å². The first kappa shape index (κ1) is 8.24. The summed E-state index contributed by atoms with van der Waals surface area (Å²) < 4.78 is 0. The van der Waals surface area contributed by atoms with Crippen molar-refractivity contribution in [1.29, 1.82) is 0 Å². The van der Waals surface area contributed by atoms with Gasteiger partial charge in [0.2, 0.25) is 0 Å². The predicted molar refractivity (Wildman–Crippen MR) is 56.4 cm³/mol. The van der Waals surface area contributed by atoms with Crippen molar-refractivity contribution in [2.75, 3.05) is 25.0 Å². The number of fused-ring (bicyclic) bond motifs is 2. The van der Waals surface area contributed by atoms with Crippen molar-refractivity contribution in [3.8, 4) is 0 Å². The molecule has 14 heavy (non-hydrogen) atoms. The summed E-state index contributed by atoms with van der Waals surface area (Å²) in [5.41, 5.74) is 1.29. The van der Waals surface area contributed by atoms with Gasteiger partial charge in [0.25, 0.3) is 0 Å². The summed E-state index contributed by atoms with van der Waals surface area (Å²) in [7, 11) is 2.23. The summed E-state index contributed by atoms with van der Waals surface area (Å²) in [6.07, 6.45) is 5.13. The largest absolute Gasteiger partial charge is 0.364 e. The quantitative estimate of drug-likeness (QED) is 0.656. The molecule has 0 aliphatic carbocycles. The van der Waals surface area contributed by atoms with E-state index >= 15 is 0 Å². The van der Waals surface area contributed by atoms with Crippen LogP contribution in [-0.4, -0.2) is 42.1 Å². The molecule has 0 radical (unpaired) electrons. The van der Waals surface area contributed by atoms with Crippen LogP contribution in [0, 0.1) is 0 Å². The van der Waals surface area contributed by atoms with Gasteiger partial charge in [0.05, 0.1) is 11.9 Å². The molecular formula is C11H15N3. The van der Waals surface area contributed by atoms with Crippen LogP contribution in [-0.2, 0) is 0 Å². The van der Waals surface area contributed by atoms with Crippen molar-refractivity contribution >= 4 is 5.69 Å². The summed E-state index contributed by atoms with van der Waals surface area (Å²) in [5, 5.41) is 0. The first-order chi connectivity index (χ1) is 6.84. The Labute approximate surface area is 84.3 Å². The van der Waals surface area contributed by atoms with Gasteiger partial charge in [-0.3, -0.25) is 9.88 Å². The standard InChI is InChI=1S/C11H15N3/c1-13-7-11-5-10(13)8-14(11)9-3-2-4-12-6-9/h2-4,6,10-11H,5,7-8H2,1H3. The second-order valence-corrected chi connectivity index (χ2v) is 4.35. The number of hydrogen-bond acceptors (Lipinski definition) is 3. The van der Waals surface area contributed by atoms with E-state index in [9.17, 15) is 0 Å². The molecule has 0 amide bonds. The topological polar surface area (TPSA) is 19.4 Å². The lowest BCUT2D eigenvalue weighted by molar-refractivity contribution is 0.292. The predicted octanol–water partition coefficient (Wildman–Crippen LogP) is 0.974. The highest BCUT2D eigenvalue weighted by atomic mass is 15.3. The highest BCUT2D eigenvalue weighted by Crippen LogP contribution is 2.32. The monoisotopic (exact) mass is 189 g/mol. The molecule has 0 N–H and O–H groups in total. The number of likely N-dealkylation sites (N-methyl/N-ethyl adjacent to an activating group) is 1. The lowest BCUT2D eigenvalue weighted by Crippen LogP contribution is -2.44. The lowest BCUT2D eigenvalue weighted by atomic mass is 10.2. The smallest absolute Gasteiger partial charge is 0.0556 e. The maximum absolute atomic E-state index is 4.18. The molecule has 2 unspecified atom stereocenters. The van der Waals surface area contributed by atoms with Crippen molar-refractivity contribution in [1.82, 2.24) is 9.88 Å². The van der Waals surface area contributed by atoms with Gasteiger partial charge in [0.15, 0.2) is 0 Å². The Bertz CT molecular complexity index is 323. The first-order valence-corrected chi connectivity index (χ1v) is 5.21. The Morgan fingerprint density at radius 2 is 2.29 bits per heavy atom. The zero-order valence-electron chi connectivity index (χ0n) is 8.43. The van der Waals surface area contributed by atoms with Gasteiger partial charge in [0, 0.05) is 31.4 Å². The molecule has 3 nitrogen and oxygen atoms in total.